The van der Waals surface area contributed by atoms with Crippen molar-refractivity contribution >= 4 is 41.0 Å². The number of benzene rings is 1. The molecule has 0 unspecified atom stereocenters. The summed E-state index contributed by atoms with van der Waals surface area (Å²) in [6, 6.07) is 11.7. The van der Waals surface area contributed by atoms with Crippen LogP contribution in [0.3, 0.4) is 0 Å². The molecule has 0 spiro atoms. The highest BCUT2D eigenvalue weighted by Gasteiger charge is 2.38. The van der Waals surface area contributed by atoms with E-state index >= 15 is 0 Å². The lowest BCUT2D eigenvalue weighted by atomic mass is 9.82. The zero-order chi connectivity index (χ0) is 24.4. The molecule has 0 amide bonds. The van der Waals surface area contributed by atoms with Crippen molar-refractivity contribution in [1.82, 2.24) is 15.2 Å². The Morgan fingerprint density at radius 3 is 2.66 bits per heavy atom. The Morgan fingerprint density at radius 2 is 2.00 bits per heavy atom. The van der Waals surface area contributed by atoms with E-state index in [4.69, 9.17) is 26.7 Å². The zero-order valence-electron chi connectivity index (χ0n) is 19.7. The van der Waals surface area contributed by atoms with Gasteiger partial charge in [-0.3, -0.25) is 5.10 Å². The Morgan fingerprint density at radius 1 is 1.23 bits per heavy atom. The SMILES string of the molecule is C[C@@H]1COCCN1c1cc(C2(O)CCN(c3ccc(Cl)cc3)CC2)c(C=N)c(Nc2ccn[nH]2)n1. The van der Waals surface area contributed by atoms with Gasteiger partial charge in [-0.05, 0) is 55.7 Å². The molecule has 9 nitrogen and oxygen atoms in total. The normalized spacial score (nSPS) is 20.0. The van der Waals surface area contributed by atoms with Crippen molar-refractivity contribution in [3.05, 3.63) is 58.7 Å². The van der Waals surface area contributed by atoms with E-state index < -0.39 is 5.60 Å². The number of ether oxygens (including phenoxy) is 1. The molecule has 10 heteroatoms. The van der Waals surface area contributed by atoms with E-state index in [-0.39, 0.29) is 6.04 Å². The Kier molecular flexibility index (Phi) is 6.64. The minimum absolute atomic E-state index is 0.149. The molecule has 0 bridgehead atoms. The average Bonchev–Trinajstić information content (AvgIpc) is 3.38. The second-order valence-corrected chi connectivity index (χ2v) is 9.58. The van der Waals surface area contributed by atoms with Crippen molar-refractivity contribution < 1.29 is 9.84 Å². The zero-order valence-corrected chi connectivity index (χ0v) is 20.4. The highest BCUT2D eigenvalue weighted by Crippen LogP contribution is 2.40. The molecule has 4 N–H and O–H groups in total. The van der Waals surface area contributed by atoms with E-state index in [0.717, 1.165) is 11.5 Å². The number of anilines is 4. The van der Waals surface area contributed by atoms with Crippen molar-refractivity contribution in [2.45, 2.75) is 31.4 Å². The molecule has 2 aromatic heterocycles. The van der Waals surface area contributed by atoms with Gasteiger partial charge in [0.25, 0.3) is 0 Å². The number of pyridine rings is 1. The van der Waals surface area contributed by atoms with Crippen molar-refractivity contribution in [3.8, 4) is 0 Å². The summed E-state index contributed by atoms with van der Waals surface area (Å²) in [5.74, 6) is 1.95. The summed E-state index contributed by atoms with van der Waals surface area (Å²) in [5, 5.41) is 31.0. The van der Waals surface area contributed by atoms with Crippen LogP contribution in [-0.2, 0) is 10.3 Å². The first-order valence-corrected chi connectivity index (χ1v) is 12.2. The molecular weight excluding hydrogens is 466 g/mol. The van der Waals surface area contributed by atoms with Gasteiger partial charge in [-0.25, -0.2) is 4.98 Å². The molecule has 2 saturated heterocycles. The number of aliphatic hydroxyl groups is 1. The number of piperidine rings is 1. The first-order chi connectivity index (χ1) is 17.0. The Hall–Kier alpha value is -3.14. The molecule has 4 heterocycles. The maximum atomic E-state index is 11.9. The number of nitrogens with one attached hydrogen (secondary N) is 3. The van der Waals surface area contributed by atoms with Crippen molar-refractivity contribution in [2.75, 3.05) is 48.0 Å². The predicted molar refractivity (Wildman–Crippen MR) is 138 cm³/mol. The summed E-state index contributed by atoms with van der Waals surface area (Å²) in [6.45, 7) is 5.43. The number of rotatable bonds is 6. The highest BCUT2D eigenvalue weighted by molar-refractivity contribution is 6.30. The van der Waals surface area contributed by atoms with E-state index in [9.17, 15) is 5.11 Å². The van der Waals surface area contributed by atoms with Crippen molar-refractivity contribution in [1.29, 1.82) is 5.41 Å². The largest absolute Gasteiger partial charge is 0.385 e. The minimum atomic E-state index is -1.09. The molecule has 35 heavy (non-hydrogen) atoms. The number of halogens is 1. The van der Waals surface area contributed by atoms with Crippen LogP contribution in [0.15, 0.2) is 42.6 Å². The van der Waals surface area contributed by atoms with Gasteiger partial charge in [-0.1, -0.05) is 11.6 Å². The van der Waals surface area contributed by atoms with Crippen LogP contribution < -0.4 is 15.1 Å². The molecule has 2 aliphatic heterocycles. The monoisotopic (exact) mass is 495 g/mol. The van der Waals surface area contributed by atoms with E-state index in [1.807, 2.05) is 30.3 Å². The van der Waals surface area contributed by atoms with E-state index in [0.29, 0.717) is 73.5 Å². The number of H-pyrrole nitrogens is 1. The Balaban J connectivity index is 1.50. The fraction of sp³-hybridized carbons (Fsp3) is 0.400. The van der Waals surface area contributed by atoms with Gasteiger partial charge < -0.3 is 30.4 Å². The first-order valence-electron chi connectivity index (χ1n) is 11.9. The number of nitrogens with zero attached hydrogens (tertiary/aromatic N) is 4. The topological polar surface area (TPSA) is 113 Å². The standard InChI is InChI=1S/C25H30ClN7O2/c1-17-16-35-13-12-33(17)23-14-21(20(15-27)24(30-23)29-22-6-9-28-31-22)25(34)7-10-32(11-8-25)19-4-2-18(26)3-5-19/h2-6,9,14-15,17,27,34H,7-8,10-13,16H2,1H3,(H2,28,29,30,31)/t17-/m1/s1. The number of aromatic amines is 1. The fourth-order valence-corrected chi connectivity index (χ4v) is 5.02. The molecular formula is C25H30ClN7O2. The third-order valence-corrected chi connectivity index (χ3v) is 7.14. The molecule has 0 aliphatic carbocycles. The predicted octanol–water partition coefficient (Wildman–Crippen LogP) is 3.91. The number of aromatic nitrogens is 3. The van der Waals surface area contributed by atoms with Crippen LogP contribution in [0, 0.1) is 5.41 Å². The number of hydrogen-bond acceptors (Lipinski definition) is 8. The molecule has 2 fully saturated rings. The summed E-state index contributed by atoms with van der Waals surface area (Å²) in [4.78, 5) is 9.33. The molecule has 0 saturated carbocycles. The van der Waals surface area contributed by atoms with Gasteiger partial charge in [0.05, 0.1) is 31.1 Å². The summed E-state index contributed by atoms with van der Waals surface area (Å²) in [6.07, 6.45) is 3.99. The van der Waals surface area contributed by atoms with E-state index in [1.165, 1.54) is 6.21 Å². The quantitative estimate of drug-likeness (QED) is 0.383. The van der Waals surface area contributed by atoms with Crippen LogP contribution >= 0.6 is 11.6 Å². The average molecular weight is 496 g/mol. The summed E-state index contributed by atoms with van der Waals surface area (Å²) in [7, 11) is 0. The molecule has 0 radical (unpaired) electrons. The number of hydrogen-bond donors (Lipinski definition) is 4. The van der Waals surface area contributed by atoms with Crippen LogP contribution in [0.2, 0.25) is 5.02 Å². The van der Waals surface area contributed by atoms with Gasteiger partial charge in [-0.15, -0.1) is 0 Å². The summed E-state index contributed by atoms with van der Waals surface area (Å²) in [5.41, 5.74) is 1.29. The Bertz CT molecular complexity index is 1160. The van der Waals surface area contributed by atoms with E-state index in [1.54, 1.807) is 12.3 Å². The fourth-order valence-electron chi connectivity index (χ4n) is 4.89. The third-order valence-electron chi connectivity index (χ3n) is 6.89. The van der Waals surface area contributed by atoms with Crippen LogP contribution in [0.5, 0.6) is 0 Å². The van der Waals surface area contributed by atoms with Gasteiger partial charge >= 0.3 is 0 Å². The number of morpholine rings is 1. The van der Waals surface area contributed by atoms with Gasteiger partial charge in [0.15, 0.2) is 0 Å². The van der Waals surface area contributed by atoms with Gasteiger partial charge in [0.1, 0.15) is 17.5 Å². The molecule has 3 aromatic rings. The molecule has 1 aromatic carbocycles. The van der Waals surface area contributed by atoms with Gasteiger partial charge in [0.2, 0.25) is 0 Å². The molecule has 184 valence electrons. The second kappa shape index (κ2) is 9.85. The van der Waals surface area contributed by atoms with Crippen molar-refractivity contribution in [3.63, 3.8) is 0 Å². The lowest BCUT2D eigenvalue weighted by Gasteiger charge is -2.41. The minimum Gasteiger partial charge on any atom is -0.385 e. The molecule has 5 rings (SSSR count). The maximum Gasteiger partial charge on any atom is 0.143 e. The van der Waals surface area contributed by atoms with Crippen LogP contribution in [-0.4, -0.2) is 65.4 Å². The van der Waals surface area contributed by atoms with Crippen molar-refractivity contribution in [2.24, 2.45) is 0 Å². The third kappa shape index (κ3) is 4.84. The summed E-state index contributed by atoms with van der Waals surface area (Å²) >= 11 is 6.05. The molecule has 2 aliphatic rings. The summed E-state index contributed by atoms with van der Waals surface area (Å²) < 4.78 is 5.62. The van der Waals surface area contributed by atoms with Crippen LogP contribution in [0.25, 0.3) is 0 Å². The van der Waals surface area contributed by atoms with E-state index in [2.05, 4.69) is 32.2 Å². The molecule has 1 atom stereocenters. The van der Waals surface area contributed by atoms with Crippen LogP contribution in [0.4, 0.5) is 23.1 Å². The Labute approximate surface area is 209 Å². The van der Waals surface area contributed by atoms with Gasteiger partial charge in [0, 0.05) is 48.2 Å². The smallest absolute Gasteiger partial charge is 0.143 e. The van der Waals surface area contributed by atoms with Gasteiger partial charge in [-0.2, -0.15) is 5.10 Å². The lowest BCUT2D eigenvalue weighted by Crippen LogP contribution is -2.45. The van der Waals surface area contributed by atoms with Crippen LogP contribution in [0.1, 0.15) is 30.9 Å². The second-order valence-electron chi connectivity index (χ2n) is 9.14. The lowest BCUT2D eigenvalue weighted by molar-refractivity contribution is 0.0116. The first kappa shape index (κ1) is 23.6. The maximum absolute atomic E-state index is 11.9. The highest BCUT2D eigenvalue weighted by atomic mass is 35.5.